The van der Waals surface area contributed by atoms with Crippen LogP contribution in [0.2, 0.25) is 10.0 Å². The normalized spacial score (nSPS) is 12.0. The molecule has 0 aliphatic carbocycles. The van der Waals surface area contributed by atoms with Gasteiger partial charge in [0.1, 0.15) is 0 Å². The summed E-state index contributed by atoms with van der Waals surface area (Å²) in [5.41, 5.74) is 3.18. The number of rotatable bonds is 9. The van der Waals surface area contributed by atoms with Crippen molar-refractivity contribution in [3.8, 4) is 0 Å². The zero-order valence-corrected chi connectivity index (χ0v) is 24.6. The Kier molecular flexibility index (Phi) is 9.86. The van der Waals surface area contributed by atoms with E-state index < -0.39 is 6.04 Å². The van der Waals surface area contributed by atoms with Crippen molar-refractivity contribution >= 4 is 68.4 Å². The number of halogens is 3. The fourth-order valence-corrected chi connectivity index (χ4v) is 5.53. The minimum Gasteiger partial charge on any atom is -0.342 e. The van der Waals surface area contributed by atoms with E-state index in [4.69, 9.17) is 23.2 Å². The number of amides is 2. The molecule has 1 atom stereocenters. The highest BCUT2D eigenvalue weighted by molar-refractivity contribution is 9.10. The Morgan fingerprint density at radius 1 is 1.08 bits per heavy atom. The van der Waals surface area contributed by atoms with Gasteiger partial charge in [0.15, 0.2) is 11.0 Å². The number of carbonyl (C=O) groups is 2. The summed E-state index contributed by atoms with van der Waals surface area (Å²) in [6, 6.07) is 8.29. The molecule has 3 aromatic rings. The highest BCUT2D eigenvalue weighted by Crippen LogP contribution is 2.28. The van der Waals surface area contributed by atoms with E-state index >= 15 is 0 Å². The van der Waals surface area contributed by atoms with Gasteiger partial charge in [0.25, 0.3) is 5.91 Å². The van der Waals surface area contributed by atoms with Crippen LogP contribution in [-0.2, 0) is 11.3 Å². The number of aromatic nitrogens is 3. The van der Waals surface area contributed by atoms with Gasteiger partial charge in [0.2, 0.25) is 5.91 Å². The lowest BCUT2D eigenvalue weighted by Crippen LogP contribution is -2.33. The molecule has 2 aromatic carbocycles. The van der Waals surface area contributed by atoms with E-state index in [-0.39, 0.29) is 23.5 Å². The maximum Gasteiger partial charge on any atom is 0.251 e. The van der Waals surface area contributed by atoms with Crippen molar-refractivity contribution in [1.29, 1.82) is 0 Å². The summed E-state index contributed by atoms with van der Waals surface area (Å²) in [4.78, 5) is 25.6. The van der Waals surface area contributed by atoms with Crippen LogP contribution >= 0.6 is 50.9 Å². The maximum absolute atomic E-state index is 12.9. The molecule has 0 bridgehead atoms. The molecule has 11 heteroatoms. The number of nitrogens with zero attached hydrogens (tertiary/aromatic N) is 3. The van der Waals surface area contributed by atoms with Crippen molar-refractivity contribution in [2.24, 2.45) is 5.92 Å². The van der Waals surface area contributed by atoms with Crippen molar-refractivity contribution in [2.75, 3.05) is 11.1 Å². The van der Waals surface area contributed by atoms with Gasteiger partial charge in [-0.2, -0.15) is 0 Å². The number of benzene rings is 2. The highest BCUT2D eigenvalue weighted by atomic mass is 79.9. The molecule has 3 rings (SSSR count). The first-order valence-corrected chi connectivity index (χ1v) is 13.9. The molecule has 0 aliphatic rings. The van der Waals surface area contributed by atoms with Gasteiger partial charge in [0, 0.05) is 22.3 Å². The van der Waals surface area contributed by atoms with Gasteiger partial charge in [0.05, 0.1) is 21.8 Å². The molecule has 0 aliphatic heterocycles. The zero-order valence-electron chi connectivity index (χ0n) is 20.7. The summed E-state index contributed by atoms with van der Waals surface area (Å²) in [7, 11) is 0. The average Bonchev–Trinajstić information content (AvgIpc) is 3.22. The van der Waals surface area contributed by atoms with Crippen molar-refractivity contribution < 1.29 is 9.59 Å². The van der Waals surface area contributed by atoms with Gasteiger partial charge in [-0.3, -0.25) is 9.59 Å². The van der Waals surface area contributed by atoms with Gasteiger partial charge in [-0.05, 0) is 68.1 Å². The number of anilines is 1. The predicted octanol–water partition coefficient (Wildman–Crippen LogP) is 6.84. The number of thioether (sulfide) groups is 1. The van der Waals surface area contributed by atoms with Crippen LogP contribution in [0.4, 0.5) is 5.69 Å². The Labute approximate surface area is 233 Å². The molecule has 0 spiro atoms. The summed E-state index contributed by atoms with van der Waals surface area (Å²) >= 11 is 16.8. The predicted molar refractivity (Wildman–Crippen MR) is 150 cm³/mol. The minimum absolute atomic E-state index is 0.0377. The molecule has 7 nitrogen and oxygen atoms in total. The monoisotopic (exact) mass is 611 g/mol. The second kappa shape index (κ2) is 12.4. The summed E-state index contributed by atoms with van der Waals surface area (Å²) < 4.78 is 2.90. The number of hydrogen-bond acceptors (Lipinski definition) is 5. The molecule has 0 saturated heterocycles. The molecule has 0 radical (unpaired) electrons. The summed E-state index contributed by atoms with van der Waals surface area (Å²) in [6.07, 6.45) is 0. The average molecular weight is 613 g/mol. The minimum atomic E-state index is -0.393. The van der Waals surface area contributed by atoms with Crippen LogP contribution in [0, 0.1) is 19.8 Å². The zero-order chi connectivity index (χ0) is 26.6. The first-order chi connectivity index (χ1) is 17.0. The number of hydrogen-bond donors (Lipinski definition) is 2. The summed E-state index contributed by atoms with van der Waals surface area (Å²) in [5, 5.41) is 16.1. The smallest absolute Gasteiger partial charge is 0.251 e. The second-order valence-corrected chi connectivity index (χ2v) is 11.3. The van der Waals surface area contributed by atoms with E-state index in [1.54, 1.807) is 12.1 Å². The molecule has 192 valence electrons. The topological polar surface area (TPSA) is 88.9 Å². The van der Waals surface area contributed by atoms with Crippen LogP contribution in [0.1, 0.15) is 54.1 Å². The summed E-state index contributed by atoms with van der Waals surface area (Å²) in [6.45, 7) is 10.5. The summed E-state index contributed by atoms with van der Waals surface area (Å²) in [5.74, 6) is 0.426. The molecule has 0 fully saturated rings. The second-order valence-electron chi connectivity index (χ2n) is 8.66. The molecule has 36 heavy (non-hydrogen) atoms. The van der Waals surface area contributed by atoms with Crippen molar-refractivity contribution in [2.45, 2.75) is 52.4 Å². The molecular formula is C25H28BrCl2N5O2S. The van der Waals surface area contributed by atoms with Gasteiger partial charge in [-0.25, -0.2) is 0 Å². The number of aryl methyl sites for hydroxylation is 2. The Balaban J connectivity index is 1.74. The number of carbonyl (C=O) groups excluding carboxylic acids is 2. The SMILES string of the molecule is CCn1c(SCC(=O)Nc2c(C)cc(Br)cc2C)nnc1[C@@H](NC(=O)c1ccc(Cl)c(Cl)c1)C(C)C. The Bertz CT molecular complexity index is 1260. The Morgan fingerprint density at radius 2 is 1.75 bits per heavy atom. The van der Waals surface area contributed by atoms with Crippen LogP contribution < -0.4 is 10.6 Å². The molecule has 2 amide bonds. The lowest BCUT2D eigenvalue weighted by Gasteiger charge is -2.22. The Hall–Kier alpha value is -2.07. The molecule has 1 aromatic heterocycles. The highest BCUT2D eigenvalue weighted by Gasteiger charge is 2.26. The molecule has 0 saturated carbocycles. The van der Waals surface area contributed by atoms with E-state index in [1.807, 2.05) is 51.3 Å². The van der Waals surface area contributed by atoms with Gasteiger partial charge >= 0.3 is 0 Å². The molecule has 2 N–H and O–H groups in total. The van der Waals surface area contributed by atoms with E-state index in [9.17, 15) is 9.59 Å². The fraction of sp³-hybridized carbons (Fsp3) is 0.360. The van der Waals surface area contributed by atoms with Crippen LogP contribution in [-0.4, -0.2) is 32.3 Å². The van der Waals surface area contributed by atoms with E-state index in [0.29, 0.717) is 33.1 Å². The van der Waals surface area contributed by atoms with Crippen molar-refractivity contribution in [1.82, 2.24) is 20.1 Å². The van der Waals surface area contributed by atoms with Crippen molar-refractivity contribution in [3.63, 3.8) is 0 Å². The van der Waals surface area contributed by atoms with Crippen LogP contribution in [0.25, 0.3) is 0 Å². The molecular weight excluding hydrogens is 585 g/mol. The van der Waals surface area contributed by atoms with Crippen molar-refractivity contribution in [3.05, 3.63) is 67.4 Å². The van der Waals surface area contributed by atoms with E-state index in [1.165, 1.54) is 17.8 Å². The quantitative estimate of drug-likeness (QED) is 0.258. The largest absolute Gasteiger partial charge is 0.342 e. The van der Waals surface area contributed by atoms with Crippen LogP contribution in [0.15, 0.2) is 40.0 Å². The third-order valence-electron chi connectivity index (χ3n) is 5.57. The lowest BCUT2D eigenvalue weighted by atomic mass is 10.0. The third kappa shape index (κ3) is 6.82. The molecule has 0 unspecified atom stereocenters. The fourth-order valence-electron chi connectivity index (χ4n) is 3.74. The third-order valence-corrected chi connectivity index (χ3v) is 7.73. The van der Waals surface area contributed by atoms with Crippen LogP contribution in [0.5, 0.6) is 0 Å². The Morgan fingerprint density at radius 3 is 2.33 bits per heavy atom. The standard InChI is InChI=1S/C25H28BrCl2N5O2S/c1-6-33-23(21(13(2)3)30-24(35)16-7-8-18(27)19(28)11-16)31-32-25(33)36-12-20(34)29-22-14(4)9-17(26)10-15(22)5/h7-11,13,21H,6,12H2,1-5H3,(H,29,34)(H,30,35)/t21-/m0/s1. The van der Waals surface area contributed by atoms with E-state index in [2.05, 4.69) is 36.8 Å². The lowest BCUT2D eigenvalue weighted by molar-refractivity contribution is -0.113. The number of nitrogens with one attached hydrogen (secondary N) is 2. The van der Waals surface area contributed by atoms with Gasteiger partial charge < -0.3 is 15.2 Å². The van der Waals surface area contributed by atoms with Gasteiger partial charge in [-0.15, -0.1) is 10.2 Å². The first-order valence-electron chi connectivity index (χ1n) is 11.4. The molecule has 1 heterocycles. The van der Waals surface area contributed by atoms with Crippen LogP contribution in [0.3, 0.4) is 0 Å². The maximum atomic E-state index is 12.9. The first kappa shape index (κ1) is 28.5. The van der Waals surface area contributed by atoms with Gasteiger partial charge in [-0.1, -0.05) is 64.7 Å². The van der Waals surface area contributed by atoms with E-state index in [0.717, 1.165) is 21.3 Å².